The van der Waals surface area contributed by atoms with Crippen molar-refractivity contribution in [3.63, 3.8) is 0 Å². The number of nitrogens with zero attached hydrogens (tertiary/aromatic N) is 5. The molecule has 3 saturated heterocycles. The Morgan fingerprint density at radius 2 is 1.93 bits per heavy atom. The van der Waals surface area contributed by atoms with Gasteiger partial charge in [-0.05, 0) is 20.3 Å². The molecular formula is C19H28F2N6O. The van der Waals surface area contributed by atoms with Crippen LogP contribution in [-0.4, -0.2) is 89.5 Å². The molecule has 4 rings (SSSR count). The first-order valence-electron chi connectivity index (χ1n) is 10.0. The highest BCUT2D eigenvalue weighted by molar-refractivity contribution is 5.82. The zero-order valence-electron chi connectivity index (χ0n) is 16.5. The number of anilines is 1. The van der Waals surface area contributed by atoms with Gasteiger partial charge < -0.3 is 15.1 Å². The summed E-state index contributed by atoms with van der Waals surface area (Å²) in [5.41, 5.74) is 0.971. The van der Waals surface area contributed by atoms with E-state index in [-0.39, 0.29) is 31.0 Å². The first-order chi connectivity index (χ1) is 13.3. The third-order valence-electron chi connectivity index (χ3n) is 5.99. The number of rotatable bonds is 3. The Labute approximate surface area is 164 Å². The standard InChI is InChI=1S/C19H28F2N6O/c1-13-9-17(24-14(2)23-13)26-7-5-25(6-8-26)15-10-16(22-11-15)18(28)27-4-3-19(20,21)12-27/h9,15-16,22H,3-8,10-12H2,1-2H3/t15-,16-/m0/s1. The average molecular weight is 394 g/mol. The summed E-state index contributed by atoms with van der Waals surface area (Å²) in [5.74, 6) is -1.16. The number of piperazine rings is 1. The smallest absolute Gasteiger partial charge is 0.267 e. The second kappa shape index (κ2) is 7.51. The SMILES string of the molecule is Cc1cc(N2CCN([C@@H]3CN[C@H](C(=O)N4CCC(F)(F)C4)C3)CC2)nc(C)n1. The molecule has 4 heterocycles. The average Bonchev–Trinajstić information content (AvgIpc) is 3.27. The lowest BCUT2D eigenvalue weighted by atomic mass is 10.1. The topological polar surface area (TPSA) is 64.6 Å². The van der Waals surface area contributed by atoms with Crippen LogP contribution in [0, 0.1) is 13.8 Å². The van der Waals surface area contributed by atoms with Crippen LogP contribution < -0.4 is 10.2 Å². The second-order valence-corrected chi connectivity index (χ2v) is 8.15. The monoisotopic (exact) mass is 394 g/mol. The summed E-state index contributed by atoms with van der Waals surface area (Å²) in [7, 11) is 0. The van der Waals surface area contributed by atoms with E-state index in [0.717, 1.165) is 50.1 Å². The van der Waals surface area contributed by atoms with Crippen molar-refractivity contribution in [3.05, 3.63) is 17.6 Å². The van der Waals surface area contributed by atoms with Gasteiger partial charge in [-0.25, -0.2) is 18.7 Å². The van der Waals surface area contributed by atoms with Crippen molar-refractivity contribution in [2.45, 2.75) is 44.7 Å². The Kier molecular flexibility index (Phi) is 5.22. The normalized spacial score (nSPS) is 28.1. The number of amides is 1. The van der Waals surface area contributed by atoms with Crippen molar-refractivity contribution in [3.8, 4) is 0 Å². The van der Waals surface area contributed by atoms with Gasteiger partial charge in [-0.2, -0.15) is 0 Å². The lowest BCUT2D eigenvalue weighted by molar-refractivity contribution is -0.133. The van der Waals surface area contributed by atoms with Crippen LogP contribution in [0.2, 0.25) is 0 Å². The van der Waals surface area contributed by atoms with Gasteiger partial charge in [0.25, 0.3) is 5.92 Å². The summed E-state index contributed by atoms with van der Waals surface area (Å²) in [6, 6.07) is 1.94. The Morgan fingerprint density at radius 3 is 2.57 bits per heavy atom. The van der Waals surface area contributed by atoms with Crippen LogP contribution >= 0.6 is 0 Å². The molecule has 0 spiro atoms. The number of alkyl halides is 2. The summed E-state index contributed by atoms with van der Waals surface area (Å²) >= 11 is 0. The Hall–Kier alpha value is -1.87. The molecule has 0 aromatic carbocycles. The summed E-state index contributed by atoms with van der Waals surface area (Å²) < 4.78 is 26.8. The van der Waals surface area contributed by atoms with Crippen LogP contribution in [-0.2, 0) is 4.79 Å². The zero-order valence-corrected chi connectivity index (χ0v) is 16.5. The van der Waals surface area contributed by atoms with Crippen LogP contribution in [0.15, 0.2) is 6.07 Å². The maximum absolute atomic E-state index is 13.4. The minimum Gasteiger partial charge on any atom is -0.354 e. The Morgan fingerprint density at radius 1 is 1.18 bits per heavy atom. The number of hydrogen-bond acceptors (Lipinski definition) is 6. The van der Waals surface area contributed by atoms with Crippen molar-refractivity contribution in [2.75, 3.05) is 50.7 Å². The van der Waals surface area contributed by atoms with Gasteiger partial charge in [0.05, 0.1) is 12.6 Å². The minimum absolute atomic E-state index is 0.158. The van der Waals surface area contributed by atoms with Crippen LogP contribution in [0.3, 0.4) is 0 Å². The molecule has 7 nitrogen and oxygen atoms in total. The van der Waals surface area contributed by atoms with Gasteiger partial charge in [0.1, 0.15) is 11.6 Å². The van der Waals surface area contributed by atoms with E-state index in [1.807, 2.05) is 19.9 Å². The highest BCUT2D eigenvalue weighted by Gasteiger charge is 2.43. The molecular weight excluding hydrogens is 366 g/mol. The largest absolute Gasteiger partial charge is 0.354 e. The molecule has 3 fully saturated rings. The number of aromatic nitrogens is 2. The lowest BCUT2D eigenvalue weighted by Gasteiger charge is -2.38. The summed E-state index contributed by atoms with van der Waals surface area (Å²) in [6.07, 6.45) is 0.464. The number of carbonyl (C=O) groups is 1. The van der Waals surface area contributed by atoms with E-state index in [1.54, 1.807) is 0 Å². The molecule has 2 atom stereocenters. The molecule has 1 N–H and O–H groups in total. The minimum atomic E-state index is -2.73. The van der Waals surface area contributed by atoms with E-state index in [9.17, 15) is 13.6 Å². The van der Waals surface area contributed by atoms with E-state index >= 15 is 0 Å². The quantitative estimate of drug-likeness (QED) is 0.819. The van der Waals surface area contributed by atoms with Crippen molar-refractivity contribution >= 4 is 11.7 Å². The fourth-order valence-corrected chi connectivity index (χ4v) is 4.50. The number of aryl methyl sites for hydroxylation is 2. The maximum Gasteiger partial charge on any atom is 0.267 e. The number of halogens is 2. The van der Waals surface area contributed by atoms with Crippen molar-refractivity contribution in [1.82, 2.24) is 25.1 Å². The molecule has 0 unspecified atom stereocenters. The predicted molar refractivity (Wildman–Crippen MR) is 102 cm³/mol. The Bertz CT molecular complexity index is 717. The molecule has 1 aromatic rings. The van der Waals surface area contributed by atoms with E-state index in [1.165, 1.54) is 4.90 Å². The molecule has 1 aromatic heterocycles. The molecule has 28 heavy (non-hydrogen) atoms. The number of nitrogens with one attached hydrogen (secondary N) is 1. The third-order valence-corrected chi connectivity index (χ3v) is 5.99. The van der Waals surface area contributed by atoms with Crippen LogP contribution in [0.4, 0.5) is 14.6 Å². The third kappa shape index (κ3) is 4.10. The molecule has 9 heteroatoms. The maximum atomic E-state index is 13.4. The van der Waals surface area contributed by atoms with Crippen molar-refractivity contribution in [1.29, 1.82) is 0 Å². The molecule has 0 saturated carbocycles. The summed E-state index contributed by atoms with van der Waals surface area (Å²) in [4.78, 5) is 27.4. The van der Waals surface area contributed by atoms with Crippen LogP contribution in [0.1, 0.15) is 24.4 Å². The van der Waals surface area contributed by atoms with Gasteiger partial charge in [0.15, 0.2) is 0 Å². The van der Waals surface area contributed by atoms with Crippen LogP contribution in [0.5, 0.6) is 0 Å². The lowest BCUT2D eigenvalue weighted by Crippen LogP contribution is -2.51. The van der Waals surface area contributed by atoms with Gasteiger partial charge >= 0.3 is 0 Å². The zero-order chi connectivity index (χ0) is 19.9. The fourth-order valence-electron chi connectivity index (χ4n) is 4.50. The van der Waals surface area contributed by atoms with E-state index < -0.39 is 12.5 Å². The van der Waals surface area contributed by atoms with E-state index in [0.29, 0.717) is 6.42 Å². The first kappa shape index (κ1) is 19.4. The molecule has 1 amide bonds. The molecule has 3 aliphatic rings. The fraction of sp³-hybridized carbons (Fsp3) is 0.737. The predicted octanol–water partition coefficient (Wildman–Crippen LogP) is 0.814. The van der Waals surface area contributed by atoms with Crippen molar-refractivity contribution < 1.29 is 13.6 Å². The van der Waals surface area contributed by atoms with Gasteiger partial charge in [0, 0.05) is 63.5 Å². The number of hydrogen-bond donors (Lipinski definition) is 1. The molecule has 0 radical (unpaired) electrons. The molecule has 0 aliphatic carbocycles. The number of likely N-dealkylation sites (tertiary alicyclic amines) is 1. The van der Waals surface area contributed by atoms with Gasteiger partial charge in [-0.3, -0.25) is 9.69 Å². The first-order valence-corrected chi connectivity index (χ1v) is 10.0. The molecule has 3 aliphatic heterocycles. The van der Waals surface area contributed by atoms with Gasteiger partial charge in [0.2, 0.25) is 5.91 Å². The highest BCUT2D eigenvalue weighted by Crippen LogP contribution is 2.28. The van der Waals surface area contributed by atoms with Gasteiger partial charge in [-0.1, -0.05) is 0 Å². The van der Waals surface area contributed by atoms with E-state index in [4.69, 9.17) is 0 Å². The van der Waals surface area contributed by atoms with Crippen LogP contribution in [0.25, 0.3) is 0 Å². The Balaban J connectivity index is 1.29. The van der Waals surface area contributed by atoms with Crippen molar-refractivity contribution in [2.24, 2.45) is 0 Å². The van der Waals surface area contributed by atoms with E-state index in [2.05, 4.69) is 25.1 Å². The summed E-state index contributed by atoms with van der Waals surface area (Å²) in [5, 5.41) is 3.25. The molecule has 154 valence electrons. The van der Waals surface area contributed by atoms with Gasteiger partial charge in [-0.15, -0.1) is 0 Å². The second-order valence-electron chi connectivity index (χ2n) is 8.15. The highest BCUT2D eigenvalue weighted by atomic mass is 19.3. The summed E-state index contributed by atoms with van der Waals surface area (Å²) in [6.45, 7) is 7.89. The molecule has 0 bridgehead atoms. The number of carbonyl (C=O) groups excluding carboxylic acids is 1.